The normalized spacial score (nSPS) is 12.4. The van der Waals surface area contributed by atoms with Gasteiger partial charge in [-0.2, -0.15) is 0 Å². The standard InChI is InChI=1S/C27H26O2.C3H8.C2H6/c1-17-7-10-20(11-8-17)27-23-14-12-21(19(3)28)16-22(23)5-4-6-25(27)24-13-9-18(2)15-26(24)29;1-3-2;1-2/h7-16,28-29H,3-6H2,1-2H3;3H2,1-2H3;1-2H3. The minimum atomic E-state index is 0.0920. The minimum absolute atomic E-state index is 0.0920. The molecule has 0 amide bonds. The highest BCUT2D eigenvalue weighted by Crippen LogP contribution is 2.42. The maximum atomic E-state index is 10.7. The zero-order chi connectivity index (χ0) is 25.3. The number of rotatable bonds is 3. The molecule has 2 nitrogen and oxygen atoms in total. The predicted molar refractivity (Wildman–Crippen MR) is 148 cm³/mol. The molecule has 0 spiro atoms. The molecule has 0 saturated carbocycles. The number of benzene rings is 3. The maximum Gasteiger partial charge on any atom is 0.123 e. The molecule has 1 aliphatic carbocycles. The Morgan fingerprint density at radius 2 is 1.41 bits per heavy atom. The van der Waals surface area contributed by atoms with Crippen LogP contribution in [0.15, 0.2) is 67.2 Å². The van der Waals surface area contributed by atoms with E-state index < -0.39 is 0 Å². The van der Waals surface area contributed by atoms with Gasteiger partial charge in [-0.3, -0.25) is 0 Å². The lowest BCUT2D eigenvalue weighted by Crippen LogP contribution is -1.98. The Hall–Kier alpha value is -3.26. The molecule has 0 radical (unpaired) electrons. The number of aliphatic hydroxyl groups is 1. The molecule has 0 fully saturated rings. The van der Waals surface area contributed by atoms with Crippen molar-refractivity contribution < 1.29 is 10.2 Å². The SMILES string of the molecule is C=C(O)c1ccc2c(c1)CCCC(c1ccc(C)cc1O)=C2c1ccc(C)cc1.CC.CCC. The van der Waals surface area contributed by atoms with Crippen LogP contribution in [0.2, 0.25) is 0 Å². The summed E-state index contributed by atoms with van der Waals surface area (Å²) in [5.41, 5.74) is 9.75. The molecule has 2 N–H and O–H groups in total. The first kappa shape index (κ1) is 27.0. The van der Waals surface area contributed by atoms with E-state index in [4.69, 9.17) is 0 Å². The molecule has 0 aliphatic heterocycles. The van der Waals surface area contributed by atoms with Crippen molar-refractivity contribution in [2.75, 3.05) is 0 Å². The molecule has 1 aliphatic rings. The summed E-state index contributed by atoms with van der Waals surface area (Å²) < 4.78 is 0. The van der Waals surface area contributed by atoms with Gasteiger partial charge in [0.05, 0.1) is 0 Å². The highest BCUT2D eigenvalue weighted by atomic mass is 16.3. The van der Waals surface area contributed by atoms with Gasteiger partial charge >= 0.3 is 0 Å². The molecule has 0 unspecified atom stereocenters. The Morgan fingerprint density at radius 3 is 2.00 bits per heavy atom. The number of hydrogen-bond acceptors (Lipinski definition) is 2. The Labute approximate surface area is 206 Å². The second-order valence-electron chi connectivity index (χ2n) is 8.62. The average Bonchev–Trinajstić information content (AvgIpc) is 3.00. The Balaban J connectivity index is 0.000000758. The molecule has 34 heavy (non-hydrogen) atoms. The lowest BCUT2D eigenvalue weighted by Gasteiger charge is -2.18. The molecule has 4 rings (SSSR count). The molecule has 2 heteroatoms. The van der Waals surface area contributed by atoms with Gasteiger partial charge in [-0.15, -0.1) is 0 Å². The second-order valence-corrected chi connectivity index (χ2v) is 8.62. The molecule has 0 atom stereocenters. The van der Waals surface area contributed by atoms with Crippen molar-refractivity contribution in [1.29, 1.82) is 0 Å². The van der Waals surface area contributed by atoms with E-state index in [1.165, 1.54) is 23.1 Å². The average molecular weight is 457 g/mol. The van der Waals surface area contributed by atoms with E-state index in [1.807, 2.05) is 45.0 Å². The molecular formula is C32H40O2. The molecule has 0 heterocycles. The van der Waals surface area contributed by atoms with Gasteiger partial charge in [-0.1, -0.05) is 94.8 Å². The molecule has 0 saturated heterocycles. The highest BCUT2D eigenvalue weighted by Gasteiger charge is 2.22. The van der Waals surface area contributed by atoms with Crippen LogP contribution < -0.4 is 0 Å². The van der Waals surface area contributed by atoms with E-state index >= 15 is 0 Å². The Kier molecular flexibility index (Phi) is 10.2. The summed E-state index contributed by atoms with van der Waals surface area (Å²) >= 11 is 0. The lowest BCUT2D eigenvalue weighted by molar-refractivity contribution is 0.473. The van der Waals surface area contributed by atoms with Gasteiger partial charge in [-0.05, 0) is 78.6 Å². The van der Waals surface area contributed by atoms with Gasteiger partial charge in [0.25, 0.3) is 0 Å². The summed E-state index contributed by atoms with van der Waals surface area (Å²) in [7, 11) is 0. The number of aliphatic hydroxyl groups excluding tert-OH is 1. The highest BCUT2D eigenvalue weighted by molar-refractivity contribution is 6.01. The Bertz CT molecular complexity index is 1130. The zero-order valence-corrected chi connectivity index (χ0v) is 21.7. The number of phenols is 1. The fraction of sp³-hybridized carbons (Fsp3) is 0.312. The van der Waals surface area contributed by atoms with E-state index in [0.29, 0.717) is 5.75 Å². The number of fused-ring (bicyclic) bond motifs is 1. The number of aromatic hydroxyl groups is 1. The number of allylic oxidation sites excluding steroid dienone is 1. The topological polar surface area (TPSA) is 40.5 Å². The van der Waals surface area contributed by atoms with Gasteiger partial charge in [-0.25, -0.2) is 0 Å². The van der Waals surface area contributed by atoms with Crippen LogP contribution in [-0.2, 0) is 6.42 Å². The second kappa shape index (κ2) is 12.8. The van der Waals surface area contributed by atoms with Gasteiger partial charge in [0.15, 0.2) is 0 Å². The first-order chi connectivity index (χ1) is 16.3. The predicted octanol–water partition coefficient (Wildman–Crippen LogP) is 9.28. The van der Waals surface area contributed by atoms with Crippen LogP contribution in [0.3, 0.4) is 0 Å². The fourth-order valence-electron chi connectivity index (χ4n) is 4.18. The molecule has 0 aromatic heterocycles. The number of aryl methyl sites for hydroxylation is 3. The van der Waals surface area contributed by atoms with Crippen LogP contribution in [-0.4, -0.2) is 10.2 Å². The molecule has 0 bridgehead atoms. The summed E-state index contributed by atoms with van der Waals surface area (Å²) in [4.78, 5) is 0. The van der Waals surface area contributed by atoms with Crippen molar-refractivity contribution in [3.8, 4) is 5.75 Å². The maximum absolute atomic E-state index is 10.7. The van der Waals surface area contributed by atoms with Crippen molar-refractivity contribution in [2.45, 2.75) is 67.2 Å². The molecular weight excluding hydrogens is 416 g/mol. The van der Waals surface area contributed by atoms with Crippen LogP contribution >= 0.6 is 0 Å². The van der Waals surface area contributed by atoms with E-state index in [0.717, 1.165) is 52.7 Å². The summed E-state index contributed by atoms with van der Waals surface area (Å²) in [6.45, 7) is 16.0. The number of hydrogen-bond donors (Lipinski definition) is 2. The quantitative estimate of drug-likeness (QED) is 0.385. The van der Waals surface area contributed by atoms with E-state index in [9.17, 15) is 10.2 Å². The van der Waals surface area contributed by atoms with Crippen molar-refractivity contribution in [2.24, 2.45) is 0 Å². The van der Waals surface area contributed by atoms with Crippen LogP contribution in [0.25, 0.3) is 16.9 Å². The van der Waals surface area contributed by atoms with Crippen molar-refractivity contribution in [1.82, 2.24) is 0 Å². The number of phenolic OH excluding ortho intramolecular Hbond substituents is 1. The zero-order valence-electron chi connectivity index (χ0n) is 21.7. The monoisotopic (exact) mass is 456 g/mol. The van der Waals surface area contributed by atoms with Gasteiger partial charge in [0.1, 0.15) is 11.5 Å². The van der Waals surface area contributed by atoms with E-state index in [1.54, 1.807) is 0 Å². The smallest absolute Gasteiger partial charge is 0.123 e. The minimum Gasteiger partial charge on any atom is -0.508 e. The van der Waals surface area contributed by atoms with Crippen molar-refractivity contribution in [3.05, 3.63) is 106 Å². The van der Waals surface area contributed by atoms with E-state index in [2.05, 4.69) is 63.7 Å². The summed E-state index contributed by atoms with van der Waals surface area (Å²) in [6, 6.07) is 20.5. The lowest BCUT2D eigenvalue weighted by atomic mass is 9.86. The third-order valence-electron chi connectivity index (χ3n) is 5.70. The Morgan fingerprint density at radius 1 is 0.824 bits per heavy atom. The van der Waals surface area contributed by atoms with Gasteiger partial charge < -0.3 is 10.2 Å². The summed E-state index contributed by atoms with van der Waals surface area (Å²) in [5, 5.41) is 20.6. The molecule has 3 aromatic carbocycles. The first-order valence-corrected chi connectivity index (χ1v) is 12.5. The van der Waals surface area contributed by atoms with E-state index in [-0.39, 0.29) is 5.76 Å². The van der Waals surface area contributed by atoms with Crippen LogP contribution in [0.1, 0.15) is 85.9 Å². The summed E-state index contributed by atoms with van der Waals surface area (Å²) in [5.74, 6) is 0.419. The van der Waals surface area contributed by atoms with Gasteiger partial charge in [0.2, 0.25) is 0 Å². The third-order valence-corrected chi connectivity index (χ3v) is 5.70. The first-order valence-electron chi connectivity index (χ1n) is 12.5. The fourth-order valence-corrected chi connectivity index (χ4v) is 4.18. The van der Waals surface area contributed by atoms with Crippen LogP contribution in [0.4, 0.5) is 0 Å². The molecule has 3 aromatic rings. The van der Waals surface area contributed by atoms with Crippen molar-refractivity contribution >= 4 is 16.9 Å². The largest absolute Gasteiger partial charge is 0.508 e. The third kappa shape index (κ3) is 6.41. The van der Waals surface area contributed by atoms with Gasteiger partial charge in [0, 0.05) is 11.1 Å². The van der Waals surface area contributed by atoms with Crippen molar-refractivity contribution in [3.63, 3.8) is 0 Å². The summed E-state index contributed by atoms with van der Waals surface area (Å²) in [6.07, 6.45) is 4.03. The molecule has 180 valence electrons. The van der Waals surface area contributed by atoms with Crippen LogP contribution in [0.5, 0.6) is 5.75 Å². The van der Waals surface area contributed by atoms with Crippen LogP contribution in [0, 0.1) is 13.8 Å².